The summed E-state index contributed by atoms with van der Waals surface area (Å²) >= 11 is 0. The normalized spacial score (nSPS) is 28.2. The molecule has 0 amide bonds. The molecule has 0 aromatic rings. The Morgan fingerprint density at radius 2 is 2.08 bits per heavy atom. The zero-order chi connectivity index (χ0) is 10.2. The van der Waals surface area contributed by atoms with Crippen molar-refractivity contribution >= 4 is 19.9 Å². The number of carboxylic acids is 1. The van der Waals surface area contributed by atoms with E-state index in [0.29, 0.717) is 5.90 Å². The van der Waals surface area contributed by atoms with Crippen LogP contribution >= 0.6 is 0 Å². The van der Waals surface area contributed by atoms with Gasteiger partial charge in [0.15, 0.2) is 11.9 Å². The van der Waals surface area contributed by atoms with Gasteiger partial charge in [0.1, 0.15) is 5.73 Å². The lowest BCUT2D eigenvalue weighted by atomic mass is 10.3. The molecule has 1 N–H and O–H groups in total. The standard InChI is InChI=1S/C8H15NO3Si/c1-5-9-6(7(10)11)8(12-5)13(2,3)4/h6,8H,1-4H3,(H,10,11). The molecule has 4 nitrogen and oxygen atoms in total. The van der Waals surface area contributed by atoms with Crippen LogP contribution in [-0.2, 0) is 9.53 Å². The highest BCUT2D eigenvalue weighted by Gasteiger charge is 2.43. The fourth-order valence-corrected chi connectivity index (χ4v) is 3.07. The number of aliphatic carboxylic acids is 1. The molecule has 0 aromatic heterocycles. The second-order valence-corrected chi connectivity index (χ2v) is 9.64. The molecule has 0 saturated heterocycles. The van der Waals surface area contributed by atoms with Crippen molar-refractivity contribution < 1.29 is 14.6 Å². The Morgan fingerprint density at radius 3 is 2.38 bits per heavy atom. The second kappa shape index (κ2) is 3.14. The minimum Gasteiger partial charge on any atom is -0.480 e. The third-order valence-electron chi connectivity index (χ3n) is 2.01. The van der Waals surface area contributed by atoms with Crippen LogP contribution in [0.4, 0.5) is 0 Å². The van der Waals surface area contributed by atoms with Gasteiger partial charge in [0.25, 0.3) is 0 Å². The van der Waals surface area contributed by atoms with Gasteiger partial charge in [0.2, 0.25) is 0 Å². The van der Waals surface area contributed by atoms with Gasteiger partial charge < -0.3 is 9.84 Å². The summed E-state index contributed by atoms with van der Waals surface area (Å²) < 4.78 is 5.43. The van der Waals surface area contributed by atoms with Crippen LogP contribution in [0.2, 0.25) is 19.6 Å². The molecule has 1 rings (SSSR count). The van der Waals surface area contributed by atoms with Crippen LogP contribution in [0.25, 0.3) is 0 Å². The van der Waals surface area contributed by atoms with Crippen molar-refractivity contribution in [1.82, 2.24) is 0 Å². The first-order chi connectivity index (χ1) is 5.82. The summed E-state index contributed by atoms with van der Waals surface area (Å²) in [5.41, 5.74) is -0.218. The number of rotatable bonds is 2. The maximum atomic E-state index is 10.8. The Morgan fingerprint density at radius 1 is 1.54 bits per heavy atom. The fraction of sp³-hybridized carbons (Fsp3) is 0.750. The number of hydrogen-bond donors (Lipinski definition) is 1. The number of carbonyl (C=O) groups is 1. The van der Waals surface area contributed by atoms with Crippen LogP contribution in [-0.4, -0.2) is 36.8 Å². The quantitative estimate of drug-likeness (QED) is 0.681. The van der Waals surface area contributed by atoms with Crippen molar-refractivity contribution in [2.24, 2.45) is 4.99 Å². The maximum absolute atomic E-state index is 10.8. The molecule has 0 aliphatic carbocycles. The van der Waals surface area contributed by atoms with Crippen LogP contribution in [0, 0.1) is 0 Å². The Hall–Kier alpha value is -0.843. The molecule has 74 valence electrons. The molecule has 5 heteroatoms. The molecule has 1 aliphatic rings. The monoisotopic (exact) mass is 201 g/mol. The van der Waals surface area contributed by atoms with E-state index >= 15 is 0 Å². The Bertz CT molecular complexity index is 257. The van der Waals surface area contributed by atoms with E-state index in [1.165, 1.54) is 0 Å². The largest absolute Gasteiger partial charge is 0.480 e. The van der Waals surface area contributed by atoms with Gasteiger partial charge >= 0.3 is 5.97 Å². The number of aliphatic imine (C=N–C) groups is 1. The predicted molar refractivity (Wildman–Crippen MR) is 52.8 cm³/mol. The second-order valence-electron chi connectivity index (χ2n) is 4.34. The highest BCUT2D eigenvalue weighted by molar-refractivity contribution is 6.78. The molecule has 1 aliphatic heterocycles. The van der Waals surface area contributed by atoms with Crippen molar-refractivity contribution in [3.8, 4) is 0 Å². The molecule has 0 spiro atoms. The third kappa shape index (κ3) is 2.09. The summed E-state index contributed by atoms with van der Waals surface area (Å²) in [5.74, 6) is -0.385. The molecular formula is C8H15NO3Si. The van der Waals surface area contributed by atoms with E-state index < -0.39 is 20.1 Å². The van der Waals surface area contributed by atoms with E-state index in [0.717, 1.165) is 0 Å². The third-order valence-corrected chi connectivity index (χ3v) is 4.15. The SMILES string of the molecule is CC1=NC(C(=O)O)C([Si](C)(C)C)O1. The van der Waals surface area contributed by atoms with Crippen LogP contribution in [0.5, 0.6) is 0 Å². The molecule has 1 heterocycles. The lowest BCUT2D eigenvalue weighted by Gasteiger charge is -2.26. The van der Waals surface area contributed by atoms with Crippen LogP contribution < -0.4 is 0 Å². The van der Waals surface area contributed by atoms with Gasteiger partial charge in [0.05, 0.1) is 8.07 Å². The van der Waals surface area contributed by atoms with Crippen LogP contribution in [0.1, 0.15) is 6.92 Å². The van der Waals surface area contributed by atoms with Gasteiger partial charge in [0, 0.05) is 6.92 Å². The summed E-state index contributed by atoms with van der Waals surface area (Å²) in [6, 6.07) is -0.688. The van der Waals surface area contributed by atoms with Crippen molar-refractivity contribution in [3.63, 3.8) is 0 Å². The first-order valence-corrected chi connectivity index (χ1v) is 7.84. The van der Waals surface area contributed by atoms with E-state index in [-0.39, 0.29) is 5.73 Å². The summed E-state index contributed by atoms with van der Waals surface area (Å²) in [7, 11) is -1.61. The van der Waals surface area contributed by atoms with E-state index in [2.05, 4.69) is 24.6 Å². The predicted octanol–water partition coefficient (Wildman–Crippen LogP) is 1.13. The van der Waals surface area contributed by atoms with E-state index in [1.54, 1.807) is 6.92 Å². The Labute approximate surface area is 78.6 Å². The number of nitrogens with zero attached hydrogens (tertiary/aromatic N) is 1. The molecule has 13 heavy (non-hydrogen) atoms. The summed E-state index contributed by atoms with van der Waals surface area (Å²) in [4.78, 5) is 14.8. The Kier molecular flexibility index (Phi) is 2.47. The molecule has 2 unspecified atom stereocenters. The molecule has 0 aromatic carbocycles. The zero-order valence-corrected chi connectivity index (χ0v) is 9.37. The molecule has 0 fully saturated rings. The maximum Gasteiger partial charge on any atom is 0.332 e. The van der Waals surface area contributed by atoms with E-state index in [4.69, 9.17) is 9.84 Å². The minimum absolute atomic E-state index is 0.218. The van der Waals surface area contributed by atoms with Crippen LogP contribution in [0.15, 0.2) is 4.99 Å². The molecule has 0 saturated carbocycles. The van der Waals surface area contributed by atoms with Crippen molar-refractivity contribution in [3.05, 3.63) is 0 Å². The lowest BCUT2D eigenvalue weighted by molar-refractivity contribution is -0.139. The lowest BCUT2D eigenvalue weighted by Crippen LogP contribution is -2.48. The van der Waals surface area contributed by atoms with E-state index in [1.807, 2.05) is 0 Å². The first kappa shape index (κ1) is 10.2. The van der Waals surface area contributed by atoms with Crippen LogP contribution in [0.3, 0.4) is 0 Å². The Balaban J connectivity index is 2.85. The van der Waals surface area contributed by atoms with Gasteiger partial charge in [-0.2, -0.15) is 0 Å². The number of carboxylic acid groups (broad SMARTS) is 1. The van der Waals surface area contributed by atoms with Gasteiger partial charge in [-0.15, -0.1) is 0 Å². The minimum atomic E-state index is -1.61. The number of ether oxygens (including phenoxy) is 1. The summed E-state index contributed by atoms with van der Waals surface area (Å²) in [6.07, 6.45) is 0. The van der Waals surface area contributed by atoms with Gasteiger partial charge in [-0.05, 0) is 0 Å². The van der Waals surface area contributed by atoms with E-state index in [9.17, 15) is 4.79 Å². The van der Waals surface area contributed by atoms with Crippen molar-refractivity contribution in [1.29, 1.82) is 0 Å². The highest BCUT2D eigenvalue weighted by Crippen LogP contribution is 2.23. The summed E-state index contributed by atoms with van der Waals surface area (Å²) in [6.45, 7) is 7.96. The average molecular weight is 201 g/mol. The van der Waals surface area contributed by atoms with Crippen molar-refractivity contribution in [2.45, 2.75) is 38.3 Å². The fourth-order valence-electron chi connectivity index (χ4n) is 1.38. The first-order valence-electron chi connectivity index (χ1n) is 4.26. The van der Waals surface area contributed by atoms with Crippen molar-refractivity contribution in [2.75, 3.05) is 0 Å². The molecule has 2 atom stereocenters. The summed E-state index contributed by atoms with van der Waals surface area (Å²) in [5, 5.41) is 8.90. The topological polar surface area (TPSA) is 58.9 Å². The molecular weight excluding hydrogens is 186 g/mol. The average Bonchev–Trinajstić information content (AvgIpc) is 2.29. The molecule has 0 radical (unpaired) electrons. The van der Waals surface area contributed by atoms with Gasteiger partial charge in [-0.3, -0.25) is 0 Å². The number of hydrogen-bond acceptors (Lipinski definition) is 3. The van der Waals surface area contributed by atoms with Gasteiger partial charge in [-0.25, -0.2) is 9.79 Å². The zero-order valence-electron chi connectivity index (χ0n) is 8.37. The van der Waals surface area contributed by atoms with Gasteiger partial charge in [-0.1, -0.05) is 19.6 Å². The smallest absolute Gasteiger partial charge is 0.332 e. The molecule has 0 bridgehead atoms. The highest BCUT2D eigenvalue weighted by atomic mass is 28.3.